The summed E-state index contributed by atoms with van der Waals surface area (Å²) in [6, 6.07) is 7.79. The van der Waals surface area contributed by atoms with E-state index in [1.165, 1.54) is 6.42 Å². The highest BCUT2D eigenvalue weighted by Crippen LogP contribution is 2.17. The smallest absolute Gasteiger partial charge is 0.223 e. The third-order valence-electron chi connectivity index (χ3n) is 3.76. The molecule has 0 spiro atoms. The maximum absolute atomic E-state index is 12.0. The van der Waals surface area contributed by atoms with Crippen LogP contribution in [-0.4, -0.2) is 50.7 Å². The molecule has 1 saturated heterocycles. The number of nitrogens with zero attached hydrogens (tertiary/aromatic N) is 1. The first-order chi connectivity index (χ1) is 10.2. The molecule has 5 nitrogen and oxygen atoms in total. The minimum absolute atomic E-state index is 0.174. The van der Waals surface area contributed by atoms with Crippen LogP contribution >= 0.6 is 0 Å². The third-order valence-corrected chi connectivity index (χ3v) is 3.76. The van der Waals surface area contributed by atoms with E-state index in [0.717, 1.165) is 24.5 Å². The lowest BCUT2D eigenvalue weighted by molar-refractivity contribution is -0.130. The molecule has 1 aliphatic rings. The molecule has 0 aromatic heterocycles. The molecule has 1 heterocycles. The number of carbonyl (C=O) groups is 1. The molecule has 0 saturated carbocycles. The molecule has 1 aromatic rings. The van der Waals surface area contributed by atoms with Crippen LogP contribution in [0.15, 0.2) is 24.3 Å². The average molecular weight is 292 g/mol. The Morgan fingerprint density at radius 1 is 1.33 bits per heavy atom. The number of hydrogen-bond acceptors (Lipinski definition) is 4. The van der Waals surface area contributed by atoms with Gasteiger partial charge in [0.25, 0.3) is 0 Å². The standard InChI is InChI=1S/C16H24N2O3/c1-18(16(19)12-13-4-3-9-17-13)10-11-21-15-7-5-14(20-2)6-8-15/h5-8,13,17H,3-4,9-12H2,1-2H3. The van der Waals surface area contributed by atoms with E-state index >= 15 is 0 Å². The third kappa shape index (κ3) is 4.93. The number of carbonyl (C=O) groups excluding carboxylic acids is 1. The van der Waals surface area contributed by atoms with Gasteiger partial charge >= 0.3 is 0 Å². The molecule has 2 rings (SSSR count). The maximum atomic E-state index is 12.0. The Bertz CT molecular complexity index is 441. The predicted octanol–water partition coefficient (Wildman–Crippen LogP) is 1.67. The van der Waals surface area contributed by atoms with Gasteiger partial charge in [-0.15, -0.1) is 0 Å². The molecule has 21 heavy (non-hydrogen) atoms. The predicted molar refractivity (Wildman–Crippen MR) is 81.8 cm³/mol. The van der Waals surface area contributed by atoms with E-state index in [0.29, 0.717) is 25.6 Å². The van der Waals surface area contributed by atoms with Crippen molar-refractivity contribution in [2.45, 2.75) is 25.3 Å². The van der Waals surface area contributed by atoms with Gasteiger partial charge in [0, 0.05) is 19.5 Å². The van der Waals surface area contributed by atoms with Gasteiger partial charge in [-0.1, -0.05) is 0 Å². The summed E-state index contributed by atoms with van der Waals surface area (Å²) in [6.45, 7) is 2.12. The van der Waals surface area contributed by atoms with Crippen LogP contribution in [0, 0.1) is 0 Å². The van der Waals surface area contributed by atoms with Crippen molar-refractivity contribution < 1.29 is 14.3 Å². The summed E-state index contributed by atoms with van der Waals surface area (Å²) in [7, 11) is 3.46. The molecule has 1 aliphatic heterocycles. The van der Waals surface area contributed by atoms with Crippen LogP contribution in [0.25, 0.3) is 0 Å². The molecule has 1 amide bonds. The van der Waals surface area contributed by atoms with E-state index in [1.54, 1.807) is 12.0 Å². The molecule has 116 valence electrons. The van der Waals surface area contributed by atoms with Gasteiger partial charge in [0.2, 0.25) is 5.91 Å². The molecule has 5 heteroatoms. The SMILES string of the molecule is COc1ccc(OCCN(C)C(=O)CC2CCCN2)cc1. The van der Waals surface area contributed by atoms with Gasteiger partial charge in [0.15, 0.2) is 0 Å². The zero-order valence-corrected chi connectivity index (χ0v) is 12.8. The van der Waals surface area contributed by atoms with Gasteiger partial charge in [0.05, 0.1) is 13.7 Å². The first-order valence-electron chi connectivity index (χ1n) is 7.43. The van der Waals surface area contributed by atoms with Crippen LogP contribution in [0.4, 0.5) is 0 Å². The zero-order valence-electron chi connectivity index (χ0n) is 12.8. The van der Waals surface area contributed by atoms with E-state index in [9.17, 15) is 4.79 Å². The number of benzene rings is 1. The normalized spacial score (nSPS) is 17.5. The summed E-state index contributed by atoms with van der Waals surface area (Å²) in [4.78, 5) is 13.8. The largest absolute Gasteiger partial charge is 0.497 e. The Morgan fingerprint density at radius 3 is 2.67 bits per heavy atom. The van der Waals surface area contributed by atoms with Gasteiger partial charge in [-0.3, -0.25) is 4.79 Å². The second-order valence-corrected chi connectivity index (χ2v) is 5.34. The lowest BCUT2D eigenvalue weighted by Gasteiger charge is -2.19. The quantitative estimate of drug-likeness (QED) is 0.830. The van der Waals surface area contributed by atoms with Crippen LogP contribution in [0.1, 0.15) is 19.3 Å². The monoisotopic (exact) mass is 292 g/mol. The molecular weight excluding hydrogens is 268 g/mol. The lowest BCUT2D eigenvalue weighted by atomic mass is 10.1. The number of amides is 1. The minimum Gasteiger partial charge on any atom is -0.497 e. The molecule has 1 fully saturated rings. The van der Waals surface area contributed by atoms with Crippen LogP contribution in [0.2, 0.25) is 0 Å². The summed E-state index contributed by atoms with van der Waals surface area (Å²) in [5.74, 6) is 1.76. The van der Waals surface area contributed by atoms with Crippen molar-refractivity contribution in [1.82, 2.24) is 10.2 Å². The van der Waals surface area contributed by atoms with Crippen molar-refractivity contribution in [2.24, 2.45) is 0 Å². The Labute approximate surface area is 126 Å². The van der Waals surface area contributed by atoms with E-state index in [1.807, 2.05) is 31.3 Å². The molecule has 1 aromatic carbocycles. The fourth-order valence-corrected chi connectivity index (χ4v) is 2.39. The van der Waals surface area contributed by atoms with Crippen LogP contribution in [0.5, 0.6) is 11.5 Å². The number of ether oxygens (including phenoxy) is 2. The molecule has 1 atom stereocenters. The maximum Gasteiger partial charge on any atom is 0.223 e. The highest BCUT2D eigenvalue weighted by molar-refractivity contribution is 5.76. The van der Waals surface area contributed by atoms with Crippen molar-refractivity contribution in [2.75, 3.05) is 33.9 Å². The van der Waals surface area contributed by atoms with Gasteiger partial charge < -0.3 is 19.7 Å². The van der Waals surface area contributed by atoms with E-state index in [2.05, 4.69) is 5.32 Å². The number of likely N-dealkylation sites (N-methyl/N-ethyl adjacent to an activating group) is 1. The summed E-state index contributed by atoms with van der Waals surface area (Å²) in [6.07, 6.45) is 2.85. The summed E-state index contributed by atoms with van der Waals surface area (Å²) < 4.78 is 10.7. The molecule has 0 radical (unpaired) electrons. The van der Waals surface area contributed by atoms with Crippen LogP contribution in [0.3, 0.4) is 0 Å². The number of hydrogen-bond donors (Lipinski definition) is 1. The topological polar surface area (TPSA) is 50.8 Å². The molecule has 0 bridgehead atoms. The minimum atomic E-state index is 0.174. The molecule has 1 N–H and O–H groups in total. The Hall–Kier alpha value is -1.75. The number of nitrogens with one attached hydrogen (secondary N) is 1. The Kier molecular flexibility index (Phi) is 5.87. The fraction of sp³-hybridized carbons (Fsp3) is 0.562. The first kappa shape index (κ1) is 15.6. The zero-order chi connectivity index (χ0) is 15.1. The molecular formula is C16H24N2O3. The summed E-state index contributed by atoms with van der Waals surface area (Å²) in [5.41, 5.74) is 0. The summed E-state index contributed by atoms with van der Waals surface area (Å²) >= 11 is 0. The second kappa shape index (κ2) is 7.88. The van der Waals surface area contributed by atoms with Crippen molar-refractivity contribution >= 4 is 5.91 Å². The molecule has 1 unspecified atom stereocenters. The average Bonchev–Trinajstić information content (AvgIpc) is 3.00. The Balaban J connectivity index is 1.67. The van der Waals surface area contributed by atoms with Crippen molar-refractivity contribution in [3.05, 3.63) is 24.3 Å². The van der Waals surface area contributed by atoms with Crippen LogP contribution in [-0.2, 0) is 4.79 Å². The fourth-order valence-electron chi connectivity index (χ4n) is 2.39. The first-order valence-corrected chi connectivity index (χ1v) is 7.43. The van der Waals surface area contributed by atoms with Crippen molar-refractivity contribution in [3.63, 3.8) is 0 Å². The highest BCUT2D eigenvalue weighted by Gasteiger charge is 2.19. The molecule has 0 aliphatic carbocycles. The van der Waals surface area contributed by atoms with Gasteiger partial charge in [-0.05, 0) is 43.7 Å². The highest BCUT2D eigenvalue weighted by atomic mass is 16.5. The van der Waals surface area contributed by atoms with E-state index in [-0.39, 0.29) is 5.91 Å². The van der Waals surface area contributed by atoms with Crippen molar-refractivity contribution in [3.8, 4) is 11.5 Å². The van der Waals surface area contributed by atoms with E-state index in [4.69, 9.17) is 9.47 Å². The lowest BCUT2D eigenvalue weighted by Crippen LogP contribution is -2.35. The Morgan fingerprint density at radius 2 is 2.05 bits per heavy atom. The van der Waals surface area contributed by atoms with Crippen LogP contribution < -0.4 is 14.8 Å². The van der Waals surface area contributed by atoms with Gasteiger partial charge in [-0.2, -0.15) is 0 Å². The van der Waals surface area contributed by atoms with E-state index < -0.39 is 0 Å². The van der Waals surface area contributed by atoms with Crippen molar-refractivity contribution in [1.29, 1.82) is 0 Å². The number of methoxy groups -OCH3 is 1. The van der Waals surface area contributed by atoms with Gasteiger partial charge in [0.1, 0.15) is 18.1 Å². The second-order valence-electron chi connectivity index (χ2n) is 5.34. The summed E-state index contributed by atoms with van der Waals surface area (Å²) in [5, 5.41) is 3.34. The number of rotatable bonds is 7. The van der Waals surface area contributed by atoms with Gasteiger partial charge in [-0.25, -0.2) is 0 Å².